The Hall–Kier alpha value is -1.50. The van der Waals surface area contributed by atoms with Crippen LogP contribution in [0.25, 0.3) is 0 Å². The van der Waals surface area contributed by atoms with Crippen LogP contribution in [0.15, 0.2) is 47.3 Å². The number of ether oxygens (including phenoxy) is 1. The zero-order valence-electron chi connectivity index (χ0n) is 10.9. The first-order valence-electron chi connectivity index (χ1n) is 6.26. The summed E-state index contributed by atoms with van der Waals surface area (Å²) in [5.41, 5.74) is 0.890. The minimum Gasteiger partial charge on any atom is -0.491 e. The molecule has 5 nitrogen and oxygen atoms in total. The van der Waals surface area contributed by atoms with Crippen LogP contribution in [-0.4, -0.2) is 34.3 Å². The van der Waals surface area contributed by atoms with Gasteiger partial charge in [0.15, 0.2) is 0 Å². The van der Waals surface area contributed by atoms with E-state index < -0.39 is 6.10 Å². The number of hydrogen-bond donors (Lipinski definition) is 2. The second kappa shape index (κ2) is 7.94. The Morgan fingerprint density at radius 3 is 2.75 bits per heavy atom. The lowest BCUT2D eigenvalue weighted by molar-refractivity contribution is 0.106. The number of aliphatic hydroxyl groups is 1. The highest BCUT2D eigenvalue weighted by atomic mass is 79.9. The molecule has 0 fully saturated rings. The van der Waals surface area contributed by atoms with Crippen LogP contribution in [-0.2, 0) is 6.54 Å². The first-order valence-corrected chi connectivity index (χ1v) is 7.05. The summed E-state index contributed by atoms with van der Waals surface area (Å²) < 4.78 is 6.49. The molecule has 1 unspecified atom stereocenters. The number of nitrogens with zero attached hydrogens (tertiary/aromatic N) is 2. The SMILES string of the molecule is OC(CNCc1ccncn1)COc1ccc(Br)cc1. The van der Waals surface area contributed by atoms with Crippen molar-refractivity contribution < 1.29 is 9.84 Å². The Labute approximate surface area is 126 Å². The summed E-state index contributed by atoms with van der Waals surface area (Å²) in [5.74, 6) is 0.739. The molecule has 0 bridgehead atoms. The number of benzene rings is 1. The Bertz CT molecular complexity index is 508. The number of aliphatic hydroxyl groups excluding tert-OH is 1. The molecule has 2 aromatic rings. The van der Waals surface area contributed by atoms with E-state index in [0.29, 0.717) is 13.1 Å². The van der Waals surface area contributed by atoms with Gasteiger partial charge in [0.25, 0.3) is 0 Å². The lowest BCUT2D eigenvalue weighted by atomic mass is 10.3. The van der Waals surface area contributed by atoms with E-state index in [0.717, 1.165) is 15.9 Å². The van der Waals surface area contributed by atoms with Crippen LogP contribution in [0.3, 0.4) is 0 Å². The molecule has 6 heteroatoms. The second-order valence-corrected chi connectivity index (χ2v) is 5.17. The highest BCUT2D eigenvalue weighted by molar-refractivity contribution is 9.10. The van der Waals surface area contributed by atoms with Crippen LogP contribution in [0, 0.1) is 0 Å². The summed E-state index contributed by atoms with van der Waals surface area (Å²) in [5, 5.41) is 12.9. The molecule has 0 aliphatic heterocycles. The standard InChI is InChI=1S/C14H16BrN3O2/c15-11-1-3-14(4-2-11)20-9-13(19)8-17-7-12-5-6-16-10-18-12/h1-6,10,13,17,19H,7-9H2. The van der Waals surface area contributed by atoms with Crippen LogP contribution in [0.2, 0.25) is 0 Å². The molecular formula is C14H16BrN3O2. The number of nitrogens with one attached hydrogen (secondary N) is 1. The Kier molecular flexibility index (Phi) is 5.91. The van der Waals surface area contributed by atoms with Crippen LogP contribution in [0.1, 0.15) is 5.69 Å². The zero-order chi connectivity index (χ0) is 14.2. The lowest BCUT2D eigenvalue weighted by Gasteiger charge is -2.13. The fraction of sp³-hybridized carbons (Fsp3) is 0.286. The topological polar surface area (TPSA) is 67.3 Å². The van der Waals surface area contributed by atoms with E-state index in [1.165, 1.54) is 6.33 Å². The Balaban J connectivity index is 1.65. The van der Waals surface area contributed by atoms with Crippen LogP contribution in [0.5, 0.6) is 5.75 Å². The van der Waals surface area contributed by atoms with E-state index in [1.54, 1.807) is 6.20 Å². The van der Waals surface area contributed by atoms with Gasteiger partial charge in [-0.15, -0.1) is 0 Å². The van der Waals surface area contributed by atoms with Gasteiger partial charge in [-0.3, -0.25) is 0 Å². The van der Waals surface area contributed by atoms with Crippen molar-refractivity contribution in [3.8, 4) is 5.75 Å². The smallest absolute Gasteiger partial charge is 0.119 e. The molecule has 0 spiro atoms. The van der Waals surface area contributed by atoms with Gasteiger partial charge >= 0.3 is 0 Å². The fourth-order valence-corrected chi connectivity index (χ4v) is 1.84. The van der Waals surface area contributed by atoms with Crippen LogP contribution in [0.4, 0.5) is 0 Å². The molecule has 0 radical (unpaired) electrons. The van der Waals surface area contributed by atoms with Crippen LogP contribution >= 0.6 is 15.9 Å². The Morgan fingerprint density at radius 2 is 2.05 bits per heavy atom. The highest BCUT2D eigenvalue weighted by Gasteiger charge is 2.05. The molecule has 1 aromatic carbocycles. The van der Waals surface area contributed by atoms with E-state index in [9.17, 15) is 5.11 Å². The van der Waals surface area contributed by atoms with Gasteiger partial charge in [0.1, 0.15) is 24.8 Å². The van der Waals surface area contributed by atoms with Gasteiger partial charge in [0.05, 0.1) is 5.69 Å². The van der Waals surface area contributed by atoms with Crippen LogP contribution < -0.4 is 10.1 Å². The minimum absolute atomic E-state index is 0.248. The summed E-state index contributed by atoms with van der Waals surface area (Å²) in [4.78, 5) is 7.93. The molecule has 106 valence electrons. The number of hydrogen-bond acceptors (Lipinski definition) is 5. The number of aromatic nitrogens is 2. The summed E-state index contributed by atoms with van der Waals surface area (Å²) in [7, 11) is 0. The maximum absolute atomic E-state index is 9.81. The third-order valence-corrected chi connectivity index (χ3v) is 3.11. The van der Waals surface area contributed by atoms with Crippen molar-refractivity contribution in [2.75, 3.05) is 13.2 Å². The van der Waals surface area contributed by atoms with E-state index in [-0.39, 0.29) is 6.61 Å². The van der Waals surface area contributed by atoms with Gasteiger partial charge in [-0.05, 0) is 30.3 Å². The molecule has 0 aliphatic rings. The molecule has 0 aliphatic carbocycles. The highest BCUT2D eigenvalue weighted by Crippen LogP contribution is 2.16. The first-order chi connectivity index (χ1) is 9.74. The van der Waals surface area contributed by atoms with E-state index in [1.807, 2.05) is 30.3 Å². The van der Waals surface area contributed by atoms with Gasteiger partial charge in [-0.25, -0.2) is 9.97 Å². The average molecular weight is 338 g/mol. The van der Waals surface area contributed by atoms with Crippen molar-refractivity contribution in [2.24, 2.45) is 0 Å². The molecule has 2 N–H and O–H groups in total. The molecule has 0 saturated heterocycles. The molecule has 0 saturated carbocycles. The third kappa shape index (κ3) is 5.24. The lowest BCUT2D eigenvalue weighted by Crippen LogP contribution is -2.31. The molecule has 2 rings (SSSR count). The predicted molar refractivity (Wildman–Crippen MR) is 79.4 cm³/mol. The number of rotatable bonds is 7. The van der Waals surface area contributed by atoms with Crippen molar-refractivity contribution in [2.45, 2.75) is 12.6 Å². The molecule has 20 heavy (non-hydrogen) atoms. The monoisotopic (exact) mass is 337 g/mol. The number of halogens is 1. The third-order valence-electron chi connectivity index (χ3n) is 2.59. The maximum atomic E-state index is 9.81. The van der Waals surface area contributed by atoms with E-state index in [2.05, 4.69) is 31.2 Å². The van der Waals surface area contributed by atoms with Crippen molar-refractivity contribution in [3.63, 3.8) is 0 Å². The second-order valence-electron chi connectivity index (χ2n) is 4.25. The van der Waals surface area contributed by atoms with E-state index in [4.69, 9.17) is 4.74 Å². The molecule has 1 atom stereocenters. The van der Waals surface area contributed by atoms with Crippen molar-refractivity contribution >= 4 is 15.9 Å². The zero-order valence-corrected chi connectivity index (χ0v) is 12.5. The summed E-state index contributed by atoms with van der Waals surface area (Å²) >= 11 is 3.36. The maximum Gasteiger partial charge on any atom is 0.119 e. The van der Waals surface area contributed by atoms with Crippen molar-refractivity contribution in [1.82, 2.24) is 15.3 Å². The molecule has 1 aromatic heterocycles. The largest absolute Gasteiger partial charge is 0.491 e. The van der Waals surface area contributed by atoms with Crippen molar-refractivity contribution in [3.05, 3.63) is 53.0 Å². The fourth-order valence-electron chi connectivity index (χ4n) is 1.57. The quantitative estimate of drug-likeness (QED) is 0.805. The normalized spacial score (nSPS) is 12.1. The summed E-state index contributed by atoms with van der Waals surface area (Å²) in [6.07, 6.45) is 2.63. The van der Waals surface area contributed by atoms with E-state index >= 15 is 0 Å². The molecule has 1 heterocycles. The van der Waals surface area contributed by atoms with Gasteiger partial charge in [-0.1, -0.05) is 15.9 Å². The summed E-state index contributed by atoms with van der Waals surface area (Å²) in [6.45, 7) is 1.29. The minimum atomic E-state index is -0.569. The predicted octanol–water partition coefficient (Wildman–Crippen LogP) is 1.77. The van der Waals surface area contributed by atoms with Gasteiger partial charge in [-0.2, -0.15) is 0 Å². The molecule has 0 amide bonds. The van der Waals surface area contributed by atoms with Gasteiger partial charge < -0.3 is 15.2 Å². The summed E-state index contributed by atoms with van der Waals surface area (Å²) in [6, 6.07) is 9.33. The van der Waals surface area contributed by atoms with Crippen molar-refractivity contribution in [1.29, 1.82) is 0 Å². The Morgan fingerprint density at radius 1 is 1.25 bits per heavy atom. The molecular weight excluding hydrogens is 322 g/mol. The van der Waals surface area contributed by atoms with Gasteiger partial charge in [0, 0.05) is 23.8 Å². The van der Waals surface area contributed by atoms with Gasteiger partial charge in [0.2, 0.25) is 0 Å². The average Bonchev–Trinajstić information content (AvgIpc) is 2.48. The first kappa shape index (κ1) is 14.9.